The molecule has 1 heterocycles. The largest absolute Gasteiger partial charge is 0.353 e. The third-order valence-corrected chi connectivity index (χ3v) is 6.62. The Morgan fingerprint density at radius 2 is 1.97 bits per heavy atom. The van der Waals surface area contributed by atoms with Crippen LogP contribution in [0, 0.1) is 0 Å². The van der Waals surface area contributed by atoms with Gasteiger partial charge in [0.2, 0.25) is 21.8 Å². The minimum absolute atomic E-state index is 0.0623. The molecule has 0 saturated carbocycles. The topological polar surface area (TPSA) is 122 Å². The molecule has 0 aromatic heterocycles. The molecule has 8 nitrogen and oxygen atoms in total. The zero-order valence-electron chi connectivity index (χ0n) is 15.9. The van der Waals surface area contributed by atoms with E-state index in [0.717, 1.165) is 10.8 Å². The number of benzene rings is 2. The van der Waals surface area contributed by atoms with Gasteiger partial charge in [-0.15, -0.1) is 0 Å². The maximum Gasteiger partial charge on any atom is 0.242 e. The molecule has 2 unspecified atom stereocenters. The summed E-state index contributed by atoms with van der Waals surface area (Å²) in [5.74, 6) is -0.739. The van der Waals surface area contributed by atoms with Crippen LogP contribution in [0.25, 0.3) is 10.8 Å². The Hall–Kier alpha value is -2.20. The highest BCUT2D eigenvalue weighted by Crippen LogP contribution is 2.24. The molecule has 2 atom stereocenters. The summed E-state index contributed by atoms with van der Waals surface area (Å²) < 4.78 is 28.1. The van der Waals surface area contributed by atoms with E-state index in [1.165, 1.54) is 17.0 Å². The first-order valence-corrected chi connectivity index (χ1v) is 11.1. The fraction of sp³-hybridized carbons (Fsp3) is 0.368. The summed E-state index contributed by atoms with van der Waals surface area (Å²) in [6.45, 7) is 2.51. The second-order valence-electron chi connectivity index (χ2n) is 6.90. The van der Waals surface area contributed by atoms with E-state index in [2.05, 4.69) is 10.0 Å². The van der Waals surface area contributed by atoms with E-state index in [4.69, 9.17) is 17.3 Å². The number of hydrogen-bond donors (Lipinski definition) is 3. The van der Waals surface area contributed by atoms with Crippen LogP contribution in [0.15, 0.2) is 41.3 Å². The molecule has 29 heavy (non-hydrogen) atoms. The minimum Gasteiger partial charge on any atom is -0.353 e. The van der Waals surface area contributed by atoms with Crippen LogP contribution < -0.4 is 15.8 Å². The van der Waals surface area contributed by atoms with Crippen LogP contribution in [-0.2, 0) is 19.6 Å². The van der Waals surface area contributed by atoms with Gasteiger partial charge in [-0.2, -0.15) is 4.72 Å². The van der Waals surface area contributed by atoms with Crippen LogP contribution in [0.1, 0.15) is 13.3 Å². The Labute approximate surface area is 174 Å². The average Bonchev–Trinajstić information content (AvgIpc) is 3.04. The Balaban J connectivity index is 1.73. The van der Waals surface area contributed by atoms with Gasteiger partial charge in [0.05, 0.1) is 4.90 Å². The van der Waals surface area contributed by atoms with Crippen molar-refractivity contribution in [1.29, 1.82) is 0 Å². The van der Waals surface area contributed by atoms with Gasteiger partial charge in [-0.25, -0.2) is 8.42 Å². The zero-order chi connectivity index (χ0) is 21.2. The number of nitrogens with one attached hydrogen (secondary N) is 2. The number of nitrogens with zero attached hydrogens (tertiary/aromatic N) is 1. The monoisotopic (exact) mass is 438 g/mol. The van der Waals surface area contributed by atoms with Crippen LogP contribution in [0.5, 0.6) is 0 Å². The molecule has 1 fully saturated rings. The van der Waals surface area contributed by atoms with Crippen molar-refractivity contribution in [1.82, 2.24) is 14.9 Å². The highest BCUT2D eigenvalue weighted by atomic mass is 35.5. The van der Waals surface area contributed by atoms with Crippen LogP contribution in [0.4, 0.5) is 0 Å². The van der Waals surface area contributed by atoms with Crippen LogP contribution in [-0.4, -0.2) is 56.9 Å². The first-order chi connectivity index (χ1) is 13.7. The fourth-order valence-electron chi connectivity index (χ4n) is 3.30. The highest BCUT2D eigenvalue weighted by molar-refractivity contribution is 7.89. The van der Waals surface area contributed by atoms with Crippen molar-refractivity contribution in [3.8, 4) is 0 Å². The molecule has 2 aromatic carbocycles. The smallest absolute Gasteiger partial charge is 0.242 e. The first-order valence-electron chi connectivity index (χ1n) is 9.23. The molecule has 2 amide bonds. The summed E-state index contributed by atoms with van der Waals surface area (Å²) in [7, 11) is -3.91. The first kappa shape index (κ1) is 21.5. The number of halogens is 1. The van der Waals surface area contributed by atoms with Gasteiger partial charge >= 0.3 is 0 Å². The molecule has 156 valence electrons. The number of nitrogens with two attached hydrogens (primary N) is 1. The summed E-state index contributed by atoms with van der Waals surface area (Å²) in [4.78, 5) is 26.2. The summed E-state index contributed by atoms with van der Waals surface area (Å²) in [5.41, 5.74) is 5.37. The van der Waals surface area contributed by atoms with Crippen molar-refractivity contribution in [2.45, 2.75) is 30.3 Å². The van der Waals surface area contributed by atoms with Crippen molar-refractivity contribution in [3.63, 3.8) is 0 Å². The lowest BCUT2D eigenvalue weighted by Crippen LogP contribution is -2.49. The predicted octanol–water partition coefficient (Wildman–Crippen LogP) is 0.836. The average molecular weight is 439 g/mol. The number of carbonyl (C=O) groups excluding carboxylic acids is 2. The summed E-state index contributed by atoms with van der Waals surface area (Å²) >= 11 is 5.96. The Morgan fingerprint density at radius 1 is 1.28 bits per heavy atom. The number of hydrogen-bond acceptors (Lipinski definition) is 5. The van der Waals surface area contributed by atoms with E-state index >= 15 is 0 Å². The molecule has 0 spiro atoms. The standard InChI is InChI=1S/C19H23ClN4O4S/c1-12(18(25)22-8-7-21)24-9-6-17(19(24)26)23-29(27,28)16-5-3-13-10-15(20)4-2-14(13)11-16/h2-5,10-12,17,23H,6-9,21H2,1H3,(H,22,25). The quantitative estimate of drug-likeness (QED) is 0.591. The van der Waals surface area contributed by atoms with Crippen molar-refractivity contribution in [3.05, 3.63) is 41.4 Å². The van der Waals surface area contributed by atoms with Crippen LogP contribution in [0.2, 0.25) is 5.02 Å². The van der Waals surface area contributed by atoms with E-state index in [0.29, 0.717) is 24.7 Å². The fourth-order valence-corrected chi connectivity index (χ4v) is 4.74. The third kappa shape index (κ3) is 4.69. The lowest BCUT2D eigenvalue weighted by Gasteiger charge is -2.24. The second-order valence-corrected chi connectivity index (χ2v) is 9.05. The predicted molar refractivity (Wildman–Crippen MR) is 111 cm³/mol. The van der Waals surface area contributed by atoms with Gasteiger partial charge < -0.3 is 16.0 Å². The number of rotatable bonds is 7. The lowest BCUT2D eigenvalue weighted by molar-refractivity contribution is -0.137. The zero-order valence-corrected chi connectivity index (χ0v) is 17.5. The molecular weight excluding hydrogens is 416 g/mol. The molecule has 1 aliphatic rings. The van der Waals surface area contributed by atoms with Crippen LogP contribution >= 0.6 is 11.6 Å². The molecule has 0 bridgehead atoms. The number of amides is 2. The van der Waals surface area contributed by atoms with Gasteiger partial charge in [0.15, 0.2) is 0 Å². The molecule has 0 radical (unpaired) electrons. The SMILES string of the molecule is CC(C(=O)NCCN)N1CCC(NS(=O)(=O)c2ccc3cc(Cl)ccc3c2)C1=O. The van der Waals surface area contributed by atoms with Gasteiger partial charge in [-0.1, -0.05) is 23.7 Å². The van der Waals surface area contributed by atoms with Crippen molar-refractivity contribution < 1.29 is 18.0 Å². The number of fused-ring (bicyclic) bond motifs is 1. The normalized spacial score (nSPS) is 18.2. The van der Waals surface area contributed by atoms with Gasteiger partial charge in [-0.3, -0.25) is 9.59 Å². The lowest BCUT2D eigenvalue weighted by atomic mass is 10.1. The number of carbonyl (C=O) groups is 2. The Morgan fingerprint density at radius 3 is 2.69 bits per heavy atom. The molecule has 4 N–H and O–H groups in total. The molecule has 0 aliphatic carbocycles. The molecule has 3 rings (SSSR count). The van der Waals surface area contributed by atoms with Gasteiger partial charge in [0.25, 0.3) is 0 Å². The van der Waals surface area contributed by atoms with E-state index < -0.39 is 28.0 Å². The van der Waals surface area contributed by atoms with E-state index in [-0.39, 0.29) is 17.2 Å². The third-order valence-electron chi connectivity index (χ3n) is 4.91. The Kier molecular flexibility index (Phi) is 6.42. The number of sulfonamides is 1. The summed E-state index contributed by atoms with van der Waals surface area (Å²) in [6, 6.07) is 8.23. The maximum atomic E-state index is 12.8. The molecular formula is C19H23ClN4O4S. The summed E-state index contributed by atoms with van der Waals surface area (Å²) in [6.07, 6.45) is 0.287. The van der Waals surface area contributed by atoms with Gasteiger partial charge in [-0.05, 0) is 48.4 Å². The maximum absolute atomic E-state index is 12.8. The van der Waals surface area contributed by atoms with Gasteiger partial charge in [0, 0.05) is 24.7 Å². The minimum atomic E-state index is -3.91. The van der Waals surface area contributed by atoms with E-state index in [9.17, 15) is 18.0 Å². The second kappa shape index (κ2) is 8.66. The summed E-state index contributed by atoms with van der Waals surface area (Å²) in [5, 5.41) is 4.74. The number of likely N-dealkylation sites (tertiary alicyclic amines) is 1. The molecule has 1 aliphatic heterocycles. The van der Waals surface area contributed by atoms with Crippen molar-refractivity contribution >= 4 is 44.2 Å². The van der Waals surface area contributed by atoms with Crippen molar-refractivity contribution in [2.75, 3.05) is 19.6 Å². The van der Waals surface area contributed by atoms with Gasteiger partial charge in [0.1, 0.15) is 12.1 Å². The Bertz CT molecular complexity index is 1040. The highest BCUT2D eigenvalue weighted by Gasteiger charge is 2.38. The van der Waals surface area contributed by atoms with E-state index in [1.807, 2.05) is 0 Å². The van der Waals surface area contributed by atoms with Crippen LogP contribution in [0.3, 0.4) is 0 Å². The van der Waals surface area contributed by atoms with Crippen molar-refractivity contribution in [2.24, 2.45) is 5.73 Å². The molecule has 2 aromatic rings. The van der Waals surface area contributed by atoms with E-state index in [1.54, 1.807) is 31.2 Å². The molecule has 10 heteroatoms. The molecule has 1 saturated heterocycles.